The summed E-state index contributed by atoms with van der Waals surface area (Å²) in [5, 5.41) is 3.69. The van der Waals surface area contributed by atoms with Gasteiger partial charge in [-0.3, -0.25) is 0 Å². The van der Waals surface area contributed by atoms with Gasteiger partial charge in [0, 0.05) is 32.8 Å². The molecule has 0 aromatic heterocycles. The minimum absolute atomic E-state index is 0.772. The number of ether oxygens (including phenoxy) is 1. The molecule has 0 saturated heterocycles. The van der Waals surface area contributed by atoms with Crippen LogP contribution in [0.2, 0.25) is 0 Å². The quantitative estimate of drug-likeness (QED) is 0.705. The average Bonchev–Trinajstić information content (AvgIpc) is 2.37. The van der Waals surface area contributed by atoms with Gasteiger partial charge in [0.15, 0.2) is 0 Å². The third-order valence-electron chi connectivity index (χ3n) is 4.03. The molecule has 0 amide bonds. The smallest absolute Gasteiger partial charge is 0.0589 e. The molecule has 1 saturated carbocycles. The lowest BCUT2D eigenvalue weighted by Crippen LogP contribution is -2.38. The first-order valence-electron chi connectivity index (χ1n) is 7.17. The first kappa shape index (κ1) is 14.9. The van der Waals surface area contributed by atoms with Crippen LogP contribution in [-0.2, 0) is 4.74 Å². The van der Waals surface area contributed by atoms with Gasteiger partial charge in [0.25, 0.3) is 0 Å². The topological polar surface area (TPSA) is 24.5 Å². The SMILES string of the molecule is CCC1CCC(NCCN(C)CCOC)CC1. The Bertz CT molecular complexity index is 179. The van der Waals surface area contributed by atoms with Crippen LogP contribution in [0.1, 0.15) is 39.0 Å². The third-order valence-corrected chi connectivity index (χ3v) is 4.03. The van der Waals surface area contributed by atoms with E-state index in [4.69, 9.17) is 4.74 Å². The molecule has 0 radical (unpaired) electrons. The van der Waals surface area contributed by atoms with E-state index in [9.17, 15) is 0 Å². The first-order valence-corrected chi connectivity index (χ1v) is 7.17. The van der Waals surface area contributed by atoms with E-state index >= 15 is 0 Å². The largest absolute Gasteiger partial charge is 0.383 e. The lowest BCUT2D eigenvalue weighted by molar-refractivity contribution is 0.160. The minimum Gasteiger partial charge on any atom is -0.383 e. The molecule has 0 heterocycles. The fraction of sp³-hybridized carbons (Fsp3) is 1.00. The van der Waals surface area contributed by atoms with Crippen molar-refractivity contribution in [2.75, 3.05) is 40.4 Å². The van der Waals surface area contributed by atoms with E-state index in [2.05, 4.69) is 24.2 Å². The number of rotatable bonds is 8. The first-order chi connectivity index (χ1) is 8.26. The Balaban J connectivity index is 1.99. The molecule has 1 fully saturated rings. The summed E-state index contributed by atoms with van der Waals surface area (Å²) in [7, 11) is 3.92. The van der Waals surface area contributed by atoms with Gasteiger partial charge >= 0.3 is 0 Å². The molecule has 1 aliphatic rings. The highest BCUT2D eigenvalue weighted by Gasteiger charge is 2.19. The second-order valence-electron chi connectivity index (χ2n) is 5.38. The number of hydrogen-bond acceptors (Lipinski definition) is 3. The number of methoxy groups -OCH3 is 1. The maximum absolute atomic E-state index is 5.07. The molecule has 1 aliphatic carbocycles. The van der Waals surface area contributed by atoms with E-state index in [1.54, 1.807) is 7.11 Å². The predicted octanol–water partition coefficient (Wildman–Crippen LogP) is 2.12. The number of likely N-dealkylation sites (N-methyl/N-ethyl adjacent to an activating group) is 1. The van der Waals surface area contributed by atoms with Crippen LogP contribution in [-0.4, -0.2) is 51.3 Å². The predicted molar refractivity (Wildman–Crippen MR) is 73.4 cm³/mol. The van der Waals surface area contributed by atoms with Gasteiger partial charge in [0.05, 0.1) is 6.61 Å². The maximum Gasteiger partial charge on any atom is 0.0589 e. The van der Waals surface area contributed by atoms with Crippen LogP contribution in [0.4, 0.5) is 0 Å². The Labute approximate surface area is 107 Å². The van der Waals surface area contributed by atoms with Crippen molar-refractivity contribution in [3.63, 3.8) is 0 Å². The van der Waals surface area contributed by atoms with Crippen molar-refractivity contribution in [3.05, 3.63) is 0 Å². The summed E-state index contributed by atoms with van der Waals surface area (Å²) in [5.41, 5.74) is 0. The fourth-order valence-corrected chi connectivity index (χ4v) is 2.59. The molecule has 3 heteroatoms. The van der Waals surface area contributed by atoms with Crippen LogP contribution < -0.4 is 5.32 Å². The molecule has 0 spiro atoms. The summed E-state index contributed by atoms with van der Waals surface area (Å²) < 4.78 is 5.07. The standard InChI is InChI=1S/C14H30N2O/c1-4-13-5-7-14(8-6-13)15-9-10-16(2)11-12-17-3/h13-15H,4-12H2,1-3H3. The Hall–Kier alpha value is -0.120. The van der Waals surface area contributed by atoms with Crippen LogP contribution in [0, 0.1) is 5.92 Å². The average molecular weight is 242 g/mol. The summed E-state index contributed by atoms with van der Waals surface area (Å²) in [6.07, 6.45) is 6.97. The molecule has 1 rings (SSSR count). The minimum atomic E-state index is 0.772. The molecule has 3 nitrogen and oxygen atoms in total. The van der Waals surface area contributed by atoms with Gasteiger partial charge in [-0.05, 0) is 38.6 Å². The fourth-order valence-electron chi connectivity index (χ4n) is 2.59. The van der Waals surface area contributed by atoms with Crippen LogP contribution in [0.15, 0.2) is 0 Å². The van der Waals surface area contributed by atoms with Gasteiger partial charge in [-0.25, -0.2) is 0 Å². The molecule has 0 bridgehead atoms. The Morgan fingerprint density at radius 3 is 2.47 bits per heavy atom. The molecule has 0 aromatic rings. The lowest BCUT2D eigenvalue weighted by Gasteiger charge is -2.29. The van der Waals surface area contributed by atoms with Crippen LogP contribution >= 0.6 is 0 Å². The Morgan fingerprint density at radius 1 is 1.18 bits per heavy atom. The molecule has 0 atom stereocenters. The molecule has 102 valence electrons. The summed E-state index contributed by atoms with van der Waals surface area (Å²) in [6, 6.07) is 0.772. The molecular formula is C14H30N2O. The van der Waals surface area contributed by atoms with Gasteiger partial charge < -0.3 is 15.0 Å². The summed E-state index contributed by atoms with van der Waals surface area (Å²) in [6.45, 7) is 6.42. The van der Waals surface area contributed by atoms with Crippen molar-refractivity contribution in [3.8, 4) is 0 Å². The molecular weight excluding hydrogens is 212 g/mol. The van der Waals surface area contributed by atoms with E-state index in [1.165, 1.54) is 32.1 Å². The molecule has 0 unspecified atom stereocenters. The van der Waals surface area contributed by atoms with Crippen molar-refractivity contribution >= 4 is 0 Å². The van der Waals surface area contributed by atoms with Gasteiger partial charge in [-0.1, -0.05) is 13.3 Å². The monoisotopic (exact) mass is 242 g/mol. The van der Waals surface area contributed by atoms with Crippen molar-refractivity contribution < 1.29 is 4.74 Å². The second kappa shape index (κ2) is 8.90. The Kier molecular flexibility index (Phi) is 7.82. The Morgan fingerprint density at radius 2 is 1.88 bits per heavy atom. The maximum atomic E-state index is 5.07. The highest BCUT2D eigenvalue weighted by Crippen LogP contribution is 2.26. The van der Waals surface area contributed by atoms with Crippen molar-refractivity contribution in [1.82, 2.24) is 10.2 Å². The van der Waals surface area contributed by atoms with Gasteiger partial charge in [-0.15, -0.1) is 0 Å². The van der Waals surface area contributed by atoms with Crippen molar-refractivity contribution in [2.45, 2.75) is 45.1 Å². The van der Waals surface area contributed by atoms with Crippen molar-refractivity contribution in [1.29, 1.82) is 0 Å². The lowest BCUT2D eigenvalue weighted by atomic mass is 9.84. The molecule has 0 aliphatic heterocycles. The highest BCUT2D eigenvalue weighted by molar-refractivity contribution is 4.76. The van der Waals surface area contributed by atoms with Gasteiger partial charge in [0.1, 0.15) is 0 Å². The van der Waals surface area contributed by atoms with E-state index in [1.807, 2.05) is 0 Å². The van der Waals surface area contributed by atoms with Crippen LogP contribution in [0.5, 0.6) is 0 Å². The van der Waals surface area contributed by atoms with Gasteiger partial charge in [-0.2, -0.15) is 0 Å². The molecule has 0 aromatic carbocycles. The summed E-state index contributed by atoms with van der Waals surface area (Å²) in [4.78, 5) is 2.33. The molecule has 17 heavy (non-hydrogen) atoms. The number of nitrogens with one attached hydrogen (secondary N) is 1. The van der Waals surface area contributed by atoms with Gasteiger partial charge in [0.2, 0.25) is 0 Å². The highest BCUT2D eigenvalue weighted by atomic mass is 16.5. The summed E-state index contributed by atoms with van der Waals surface area (Å²) in [5.74, 6) is 0.998. The van der Waals surface area contributed by atoms with E-state index in [-0.39, 0.29) is 0 Å². The van der Waals surface area contributed by atoms with E-state index < -0.39 is 0 Å². The van der Waals surface area contributed by atoms with Crippen LogP contribution in [0.25, 0.3) is 0 Å². The van der Waals surface area contributed by atoms with Crippen LogP contribution in [0.3, 0.4) is 0 Å². The third kappa shape index (κ3) is 6.39. The van der Waals surface area contributed by atoms with Crippen molar-refractivity contribution in [2.24, 2.45) is 5.92 Å². The second-order valence-corrected chi connectivity index (χ2v) is 5.38. The normalized spacial score (nSPS) is 25.4. The van der Waals surface area contributed by atoms with E-state index in [0.29, 0.717) is 0 Å². The van der Waals surface area contributed by atoms with E-state index in [0.717, 1.165) is 38.2 Å². The molecule has 1 N–H and O–H groups in total. The number of hydrogen-bond donors (Lipinski definition) is 1. The summed E-state index contributed by atoms with van der Waals surface area (Å²) >= 11 is 0. The number of nitrogens with zero attached hydrogens (tertiary/aromatic N) is 1. The zero-order valence-corrected chi connectivity index (χ0v) is 11.9. The zero-order chi connectivity index (χ0) is 12.5. The zero-order valence-electron chi connectivity index (χ0n) is 11.9.